The van der Waals surface area contributed by atoms with E-state index >= 15 is 0 Å². The van der Waals surface area contributed by atoms with Gasteiger partial charge in [-0.1, -0.05) is 25.5 Å². The number of nitrogens with one attached hydrogen (secondary N) is 1. The lowest BCUT2D eigenvalue weighted by atomic mass is 10.1. The zero-order chi connectivity index (χ0) is 20.9. The fraction of sp³-hybridized carbons (Fsp3) is 0.429. The summed E-state index contributed by atoms with van der Waals surface area (Å²) in [5, 5.41) is 2.76. The highest BCUT2D eigenvalue weighted by Gasteiger charge is 2.27. The van der Waals surface area contributed by atoms with Crippen molar-refractivity contribution in [2.75, 3.05) is 18.4 Å². The molecule has 156 valence electrons. The number of carbonyl (C=O) groups excluding carboxylic acids is 1. The lowest BCUT2D eigenvalue weighted by Crippen LogP contribution is -2.31. The first-order chi connectivity index (χ1) is 13.9. The molecule has 0 atom stereocenters. The highest BCUT2D eigenvalue weighted by molar-refractivity contribution is 7.89. The predicted octanol–water partition coefficient (Wildman–Crippen LogP) is 2.61. The van der Waals surface area contributed by atoms with Crippen LogP contribution in [0.1, 0.15) is 38.2 Å². The van der Waals surface area contributed by atoms with Crippen LogP contribution in [-0.2, 0) is 27.8 Å². The number of rotatable bonds is 8. The van der Waals surface area contributed by atoms with Gasteiger partial charge in [-0.15, -0.1) is 0 Å². The third-order valence-electron chi connectivity index (χ3n) is 5.03. The molecule has 0 bridgehead atoms. The van der Waals surface area contributed by atoms with Gasteiger partial charge in [0.2, 0.25) is 15.9 Å². The van der Waals surface area contributed by atoms with Crippen molar-refractivity contribution >= 4 is 21.6 Å². The van der Waals surface area contributed by atoms with Crippen LogP contribution in [0.25, 0.3) is 0 Å². The molecule has 29 heavy (non-hydrogen) atoms. The number of sulfonamides is 1. The van der Waals surface area contributed by atoms with Gasteiger partial charge in [0.1, 0.15) is 6.54 Å². The normalized spacial score (nSPS) is 14.8. The fourth-order valence-corrected chi connectivity index (χ4v) is 4.89. The predicted molar refractivity (Wildman–Crippen MR) is 112 cm³/mol. The van der Waals surface area contributed by atoms with Gasteiger partial charge in [-0.2, -0.15) is 4.31 Å². The second kappa shape index (κ2) is 9.37. The van der Waals surface area contributed by atoms with Crippen molar-refractivity contribution in [3.05, 3.63) is 58.5 Å². The van der Waals surface area contributed by atoms with Crippen molar-refractivity contribution < 1.29 is 13.2 Å². The lowest BCUT2D eigenvalue weighted by Gasteiger charge is -2.16. The standard InChI is InChI=1S/C21H27N3O4S/c1-2-3-6-17-7-9-18(10-8-17)22-20(25)16-23-15-19(11-12-21(23)26)29(27,28)24-13-4-5-14-24/h7-12,15H,2-6,13-14,16H2,1H3,(H,22,25). The van der Waals surface area contributed by atoms with Crippen LogP contribution in [0.4, 0.5) is 5.69 Å². The maximum Gasteiger partial charge on any atom is 0.251 e. The number of anilines is 1. The first kappa shape index (κ1) is 21.3. The third-order valence-corrected chi connectivity index (χ3v) is 6.91. The summed E-state index contributed by atoms with van der Waals surface area (Å²) in [5.41, 5.74) is 1.43. The molecule has 7 nitrogen and oxygen atoms in total. The van der Waals surface area contributed by atoms with Crippen LogP contribution in [-0.4, -0.2) is 36.3 Å². The molecule has 1 aromatic carbocycles. The van der Waals surface area contributed by atoms with Gasteiger partial charge in [-0.25, -0.2) is 8.42 Å². The van der Waals surface area contributed by atoms with Crippen molar-refractivity contribution in [2.45, 2.75) is 50.5 Å². The topological polar surface area (TPSA) is 88.5 Å². The number of hydrogen-bond acceptors (Lipinski definition) is 4. The van der Waals surface area contributed by atoms with E-state index in [0.717, 1.165) is 36.7 Å². The largest absolute Gasteiger partial charge is 0.325 e. The Morgan fingerprint density at radius 3 is 2.41 bits per heavy atom. The van der Waals surface area contributed by atoms with Gasteiger partial charge < -0.3 is 9.88 Å². The summed E-state index contributed by atoms with van der Waals surface area (Å²) >= 11 is 0. The van der Waals surface area contributed by atoms with E-state index in [4.69, 9.17) is 0 Å². The van der Waals surface area contributed by atoms with Gasteiger partial charge in [0.05, 0.1) is 4.90 Å². The number of aryl methyl sites for hydroxylation is 1. The summed E-state index contributed by atoms with van der Waals surface area (Å²) in [4.78, 5) is 24.5. The van der Waals surface area contributed by atoms with Crippen LogP contribution in [0.5, 0.6) is 0 Å². The zero-order valence-corrected chi connectivity index (χ0v) is 17.5. The Morgan fingerprint density at radius 1 is 1.07 bits per heavy atom. The van der Waals surface area contributed by atoms with E-state index in [1.807, 2.05) is 24.3 Å². The summed E-state index contributed by atoms with van der Waals surface area (Å²) in [6, 6.07) is 10.1. The SMILES string of the molecule is CCCCc1ccc(NC(=O)Cn2cc(S(=O)(=O)N3CCCC3)ccc2=O)cc1. The van der Waals surface area contributed by atoms with Gasteiger partial charge in [0.25, 0.3) is 5.56 Å². The van der Waals surface area contributed by atoms with Crippen molar-refractivity contribution in [3.63, 3.8) is 0 Å². The quantitative estimate of drug-likeness (QED) is 0.715. The van der Waals surface area contributed by atoms with E-state index in [1.165, 1.54) is 28.2 Å². The molecule has 1 aliphatic rings. The molecule has 0 aliphatic carbocycles. The molecule has 1 saturated heterocycles. The minimum atomic E-state index is -3.64. The van der Waals surface area contributed by atoms with Gasteiger partial charge in [0.15, 0.2) is 0 Å². The van der Waals surface area contributed by atoms with Crippen molar-refractivity contribution in [1.29, 1.82) is 0 Å². The number of benzene rings is 1. The maximum absolute atomic E-state index is 12.7. The maximum atomic E-state index is 12.7. The van der Waals surface area contributed by atoms with Gasteiger partial charge in [-0.3, -0.25) is 9.59 Å². The van der Waals surface area contributed by atoms with Crippen LogP contribution >= 0.6 is 0 Å². The number of amides is 1. The molecule has 1 aliphatic heterocycles. The summed E-state index contributed by atoms with van der Waals surface area (Å²) < 4.78 is 27.9. The zero-order valence-electron chi connectivity index (χ0n) is 16.6. The molecule has 3 rings (SSSR count). The first-order valence-electron chi connectivity index (χ1n) is 9.99. The van der Waals surface area contributed by atoms with Crippen molar-refractivity contribution in [3.8, 4) is 0 Å². The summed E-state index contributed by atoms with van der Waals surface area (Å²) in [6.45, 7) is 2.86. The molecule has 0 saturated carbocycles. The summed E-state index contributed by atoms with van der Waals surface area (Å²) in [6.07, 6.45) is 6.16. The average Bonchev–Trinajstić information content (AvgIpc) is 3.25. The molecule has 0 radical (unpaired) electrons. The first-order valence-corrected chi connectivity index (χ1v) is 11.4. The molecule has 2 heterocycles. The highest BCUT2D eigenvalue weighted by Crippen LogP contribution is 2.19. The average molecular weight is 418 g/mol. The molecule has 8 heteroatoms. The summed E-state index contributed by atoms with van der Waals surface area (Å²) in [5.74, 6) is -0.385. The van der Waals surface area contributed by atoms with E-state index in [2.05, 4.69) is 12.2 Å². The van der Waals surface area contributed by atoms with E-state index in [-0.39, 0.29) is 17.3 Å². The van der Waals surface area contributed by atoms with E-state index in [9.17, 15) is 18.0 Å². The molecule has 1 aromatic heterocycles. The number of unbranched alkanes of at least 4 members (excludes halogenated alkanes) is 1. The third kappa shape index (κ3) is 5.33. The van der Waals surface area contributed by atoms with Crippen molar-refractivity contribution in [1.82, 2.24) is 8.87 Å². The molecular weight excluding hydrogens is 390 g/mol. The Hall–Kier alpha value is -2.45. The van der Waals surface area contributed by atoms with E-state index in [0.29, 0.717) is 18.8 Å². The van der Waals surface area contributed by atoms with Crippen LogP contribution in [0.3, 0.4) is 0 Å². The molecule has 0 spiro atoms. The van der Waals surface area contributed by atoms with Crippen LogP contribution in [0, 0.1) is 0 Å². The van der Waals surface area contributed by atoms with E-state index in [1.54, 1.807) is 0 Å². The summed E-state index contributed by atoms with van der Waals surface area (Å²) in [7, 11) is -3.64. The second-order valence-corrected chi connectivity index (χ2v) is 9.23. The van der Waals surface area contributed by atoms with Crippen LogP contribution in [0.15, 0.2) is 52.3 Å². The highest BCUT2D eigenvalue weighted by atomic mass is 32.2. The molecular formula is C21H27N3O4S. The second-order valence-electron chi connectivity index (χ2n) is 7.29. The van der Waals surface area contributed by atoms with Crippen LogP contribution < -0.4 is 10.9 Å². The Kier molecular flexibility index (Phi) is 6.87. The van der Waals surface area contributed by atoms with Crippen molar-refractivity contribution in [2.24, 2.45) is 0 Å². The number of carbonyl (C=O) groups is 1. The smallest absolute Gasteiger partial charge is 0.251 e. The minimum Gasteiger partial charge on any atom is -0.325 e. The van der Waals surface area contributed by atoms with Gasteiger partial charge in [0, 0.05) is 31.0 Å². The Labute approximate surface area is 171 Å². The van der Waals surface area contributed by atoms with E-state index < -0.39 is 15.6 Å². The van der Waals surface area contributed by atoms with Crippen LogP contribution in [0.2, 0.25) is 0 Å². The van der Waals surface area contributed by atoms with Gasteiger partial charge in [-0.05, 0) is 49.4 Å². The van der Waals surface area contributed by atoms with Gasteiger partial charge >= 0.3 is 0 Å². The molecule has 1 N–H and O–H groups in total. The number of aromatic nitrogens is 1. The number of hydrogen-bond donors (Lipinski definition) is 1. The number of nitrogens with zero attached hydrogens (tertiary/aromatic N) is 2. The Balaban J connectivity index is 1.69. The molecule has 1 amide bonds. The monoisotopic (exact) mass is 417 g/mol. The molecule has 2 aromatic rings. The Bertz CT molecular complexity index is 1010. The minimum absolute atomic E-state index is 0.0343. The fourth-order valence-electron chi connectivity index (χ4n) is 3.35. The molecule has 0 unspecified atom stereocenters. The lowest BCUT2D eigenvalue weighted by molar-refractivity contribution is -0.116. The Morgan fingerprint density at radius 2 is 1.76 bits per heavy atom. The molecule has 1 fully saturated rings. The number of pyridine rings is 1.